The minimum Gasteiger partial charge on any atom is -0.396 e. The van der Waals surface area contributed by atoms with Gasteiger partial charge in [0.05, 0.1) is 22.3 Å². The lowest BCUT2D eigenvalue weighted by Gasteiger charge is -2.27. The summed E-state index contributed by atoms with van der Waals surface area (Å²) in [4.78, 5) is 0. The van der Waals surface area contributed by atoms with E-state index in [1.165, 1.54) is 12.1 Å². The predicted octanol–water partition coefficient (Wildman–Crippen LogP) is 3.95. The van der Waals surface area contributed by atoms with Gasteiger partial charge in [0, 0.05) is 12.0 Å². The van der Waals surface area contributed by atoms with E-state index in [9.17, 15) is 9.50 Å². The fourth-order valence-electron chi connectivity index (χ4n) is 1.31. The Labute approximate surface area is 111 Å². The SMILES string of the molecule is CCC(C)(CO)CNc1c(Cl)cc(F)cc1Cl. The van der Waals surface area contributed by atoms with Crippen LogP contribution in [0, 0.1) is 11.2 Å². The Kier molecular flexibility index (Phi) is 5.04. The zero-order valence-electron chi connectivity index (χ0n) is 9.86. The first-order chi connectivity index (χ1) is 7.91. The van der Waals surface area contributed by atoms with Crippen LogP contribution in [-0.4, -0.2) is 18.3 Å². The molecule has 0 saturated heterocycles. The number of nitrogens with one attached hydrogen (secondary N) is 1. The number of halogens is 3. The first-order valence-corrected chi connectivity index (χ1v) is 6.17. The van der Waals surface area contributed by atoms with Gasteiger partial charge in [0.25, 0.3) is 0 Å². The van der Waals surface area contributed by atoms with Crippen molar-refractivity contribution in [1.29, 1.82) is 0 Å². The Hall–Kier alpha value is -0.510. The third-order valence-electron chi connectivity index (χ3n) is 2.93. The molecule has 1 aromatic rings. The van der Waals surface area contributed by atoms with Gasteiger partial charge in [0.2, 0.25) is 0 Å². The van der Waals surface area contributed by atoms with E-state index in [1.54, 1.807) is 0 Å². The maximum absolute atomic E-state index is 13.0. The van der Waals surface area contributed by atoms with Gasteiger partial charge in [-0.3, -0.25) is 0 Å². The molecule has 0 aliphatic rings. The Morgan fingerprint density at radius 1 is 1.35 bits per heavy atom. The maximum atomic E-state index is 13.0. The number of hydrogen-bond acceptors (Lipinski definition) is 2. The molecule has 2 nitrogen and oxygen atoms in total. The van der Waals surface area contributed by atoms with Gasteiger partial charge in [0.1, 0.15) is 5.82 Å². The highest BCUT2D eigenvalue weighted by molar-refractivity contribution is 6.39. The Morgan fingerprint density at radius 2 is 1.88 bits per heavy atom. The van der Waals surface area contributed by atoms with E-state index in [-0.39, 0.29) is 22.1 Å². The summed E-state index contributed by atoms with van der Waals surface area (Å²) in [6.45, 7) is 4.52. The number of aliphatic hydroxyl groups excluding tert-OH is 1. The van der Waals surface area contributed by atoms with E-state index < -0.39 is 5.82 Å². The van der Waals surface area contributed by atoms with Crippen LogP contribution in [0.1, 0.15) is 20.3 Å². The van der Waals surface area contributed by atoms with E-state index in [2.05, 4.69) is 5.32 Å². The molecule has 2 N–H and O–H groups in total. The summed E-state index contributed by atoms with van der Waals surface area (Å²) in [7, 11) is 0. The molecule has 0 amide bonds. The van der Waals surface area contributed by atoms with Crippen molar-refractivity contribution < 1.29 is 9.50 Å². The van der Waals surface area contributed by atoms with Gasteiger partial charge < -0.3 is 10.4 Å². The standard InChI is InChI=1S/C12H16Cl2FNO/c1-3-12(2,7-17)6-16-11-9(13)4-8(15)5-10(11)14/h4-5,16-17H,3,6-7H2,1-2H3. The van der Waals surface area contributed by atoms with Gasteiger partial charge in [0.15, 0.2) is 0 Å². The zero-order valence-corrected chi connectivity index (χ0v) is 11.4. The van der Waals surface area contributed by atoms with Crippen LogP contribution >= 0.6 is 23.2 Å². The zero-order chi connectivity index (χ0) is 13.1. The normalized spacial score (nSPS) is 14.5. The van der Waals surface area contributed by atoms with E-state index in [4.69, 9.17) is 23.2 Å². The number of hydrogen-bond donors (Lipinski definition) is 2. The summed E-state index contributed by atoms with van der Waals surface area (Å²) >= 11 is 11.8. The van der Waals surface area contributed by atoms with Crippen molar-refractivity contribution in [3.63, 3.8) is 0 Å². The smallest absolute Gasteiger partial charge is 0.126 e. The van der Waals surface area contributed by atoms with E-state index in [1.807, 2.05) is 13.8 Å². The lowest BCUT2D eigenvalue weighted by Crippen LogP contribution is -2.29. The predicted molar refractivity (Wildman–Crippen MR) is 70.4 cm³/mol. The minimum absolute atomic E-state index is 0.0624. The summed E-state index contributed by atoms with van der Waals surface area (Å²) < 4.78 is 13.0. The fraction of sp³-hybridized carbons (Fsp3) is 0.500. The number of benzene rings is 1. The van der Waals surface area contributed by atoms with Crippen LogP contribution in [0.2, 0.25) is 10.0 Å². The summed E-state index contributed by atoms with van der Waals surface area (Å²) in [6, 6.07) is 2.41. The molecule has 17 heavy (non-hydrogen) atoms. The number of rotatable bonds is 5. The molecule has 0 radical (unpaired) electrons. The van der Waals surface area contributed by atoms with Gasteiger partial charge >= 0.3 is 0 Å². The number of aliphatic hydroxyl groups is 1. The molecule has 1 unspecified atom stereocenters. The van der Waals surface area contributed by atoms with Gasteiger partial charge in [-0.05, 0) is 18.6 Å². The molecule has 0 fully saturated rings. The highest BCUT2D eigenvalue weighted by Crippen LogP contribution is 2.32. The Morgan fingerprint density at radius 3 is 2.29 bits per heavy atom. The van der Waals surface area contributed by atoms with Crippen molar-refractivity contribution in [2.75, 3.05) is 18.5 Å². The van der Waals surface area contributed by atoms with Crippen molar-refractivity contribution in [2.45, 2.75) is 20.3 Å². The average molecular weight is 280 g/mol. The molecule has 0 aliphatic carbocycles. The highest BCUT2D eigenvalue weighted by Gasteiger charge is 2.21. The van der Waals surface area contributed by atoms with Crippen LogP contribution in [0.15, 0.2) is 12.1 Å². The molecule has 1 rings (SSSR count). The van der Waals surface area contributed by atoms with Crippen LogP contribution in [0.4, 0.5) is 10.1 Å². The molecular formula is C12H16Cl2FNO. The van der Waals surface area contributed by atoms with Gasteiger partial charge in [-0.2, -0.15) is 0 Å². The van der Waals surface area contributed by atoms with Gasteiger partial charge in [-0.1, -0.05) is 37.0 Å². The second-order valence-electron chi connectivity index (χ2n) is 4.42. The molecule has 1 aromatic carbocycles. The summed E-state index contributed by atoms with van der Waals surface area (Å²) in [5, 5.41) is 12.8. The van der Waals surface area contributed by atoms with E-state index >= 15 is 0 Å². The molecule has 0 aromatic heterocycles. The molecule has 1 atom stereocenters. The van der Waals surface area contributed by atoms with Gasteiger partial charge in [-0.15, -0.1) is 0 Å². The first-order valence-electron chi connectivity index (χ1n) is 5.41. The minimum atomic E-state index is -0.467. The molecule has 0 heterocycles. The van der Waals surface area contributed by atoms with Crippen molar-refractivity contribution in [3.8, 4) is 0 Å². The third kappa shape index (κ3) is 3.73. The van der Waals surface area contributed by atoms with Gasteiger partial charge in [-0.25, -0.2) is 4.39 Å². The molecule has 0 bridgehead atoms. The van der Waals surface area contributed by atoms with Crippen molar-refractivity contribution in [3.05, 3.63) is 28.0 Å². The molecule has 5 heteroatoms. The third-order valence-corrected chi connectivity index (χ3v) is 3.53. The Bertz CT molecular complexity index is 371. The monoisotopic (exact) mass is 279 g/mol. The molecule has 96 valence electrons. The fourth-order valence-corrected chi connectivity index (χ4v) is 1.90. The van der Waals surface area contributed by atoms with Crippen molar-refractivity contribution in [2.24, 2.45) is 5.41 Å². The maximum Gasteiger partial charge on any atom is 0.126 e. The van der Waals surface area contributed by atoms with Crippen LogP contribution in [0.3, 0.4) is 0 Å². The molecular weight excluding hydrogens is 264 g/mol. The van der Waals surface area contributed by atoms with E-state index in [0.717, 1.165) is 6.42 Å². The van der Waals surface area contributed by atoms with Crippen LogP contribution in [-0.2, 0) is 0 Å². The quantitative estimate of drug-likeness (QED) is 0.855. The van der Waals surface area contributed by atoms with Crippen LogP contribution in [0.25, 0.3) is 0 Å². The second-order valence-corrected chi connectivity index (χ2v) is 5.23. The summed E-state index contributed by atoms with van der Waals surface area (Å²) in [5.41, 5.74) is 0.254. The summed E-state index contributed by atoms with van der Waals surface area (Å²) in [5.74, 6) is -0.467. The second kappa shape index (κ2) is 5.89. The topological polar surface area (TPSA) is 32.3 Å². The number of anilines is 1. The van der Waals surface area contributed by atoms with E-state index in [0.29, 0.717) is 12.2 Å². The molecule has 0 spiro atoms. The first kappa shape index (κ1) is 14.6. The highest BCUT2D eigenvalue weighted by atomic mass is 35.5. The Balaban J connectivity index is 2.83. The van der Waals surface area contributed by atoms with Crippen LogP contribution < -0.4 is 5.32 Å². The van der Waals surface area contributed by atoms with Crippen molar-refractivity contribution in [1.82, 2.24) is 0 Å². The summed E-state index contributed by atoms with van der Waals surface area (Å²) in [6.07, 6.45) is 0.812. The molecule has 0 aliphatic heterocycles. The average Bonchev–Trinajstić information content (AvgIpc) is 2.27. The van der Waals surface area contributed by atoms with Crippen molar-refractivity contribution >= 4 is 28.9 Å². The largest absolute Gasteiger partial charge is 0.396 e. The van der Waals surface area contributed by atoms with Crippen LogP contribution in [0.5, 0.6) is 0 Å². The molecule has 0 saturated carbocycles. The lowest BCUT2D eigenvalue weighted by molar-refractivity contribution is 0.149. The lowest BCUT2D eigenvalue weighted by atomic mass is 9.88.